The van der Waals surface area contributed by atoms with E-state index in [9.17, 15) is 0 Å². The number of hydrogen-bond donors (Lipinski definition) is 1. The quantitative estimate of drug-likeness (QED) is 0.702. The van der Waals surface area contributed by atoms with Gasteiger partial charge in [-0.2, -0.15) is 5.10 Å². The Balaban J connectivity index is 2.00. The van der Waals surface area contributed by atoms with Crippen LogP contribution in [0.5, 0.6) is 5.75 Å². The van der Waals surface area contributed by atoms with Gasteiger partial charge in [-0.25, -0.2) is 0 Å². The molecule has 1 unspecified atom stereocenters. The molecule has 1 aliphatic rings. The van der Waals surface area contributed by atoms with Gasteiger partial charge in [-0.05, 0) is 25.2 Å². The molecule has 3 heterocycles. The molecule has 0 saturated heterocycles. The summed E-state index contributed by atoms with van der Waals surface area (Å²) in [6.07, 6.45) is 0.905. The molecule has 108 valence electrons. The van der Waals surface area contributed by atoms with E-state index in [-0.39, 0.29) is 6.04 Å². The van der Waals surface area contributed by atoms with Crippen LogP contribution in [0.2, 0.25) is 0 Å². The predicted octanol–water partition coefficient (Wildman–Crippen LogP) is 3.11. The van der Waals surface area contributed by atoms with E-state index < -0.39 is 0 Å². The Morgan fingerprint density at radius 3 is 3.05 bits per heavy atom. The van der Waals surface area contributed by atoms with Gasteiger partial charge in [0.05, 0.1) is 18.3 Å². The van der Waals surface area contributed by atoms with Crippen molar-refractivity contribution in [2.75, 3.05) is 6.61 Å². The number of aromatic amines is 1. The Morgan fingerprint density at radius 1 is 1.38 bits per heavy atom. The van der Waals surface area contributed by atoms with Crippen LogP contribution in [0.3, 0.4) is 0 Å². The van der Waals surface area contributed by atoms with Crippen molar-refractivity contribution in [2.45, 2.75) is 19.4 Å². The van der Waals surface area contributed by atoms with Gasteiger partial charge in [0.25, 0.3) is 0 Å². The van der Waals surface area contributed by atoms with Gasteiger partial charge in [-0.3, -0.25) is 9.25 Å². The largest absolute Gasteiger partial charge is 0.493 e. The molecule has 3 aromatic rings. The fraction of sp³-hybridized carbons (Fsp3) is 0.333. The molecule has 1 N–H and O–H groups in total. The summed E-state index contributed by atoms with van der Waals surface area (Å²) in [4.78, 5) is 3.30. The summed E-state index contributed by atoms with van der Waals surface area (Å²) >= 11 is 5.56. The number of benzene rings is 1. The fourth-order valence-electron chi connectivity index (χ4n) is 3.21. The van der Waals surface area contributed by atoms with E-state index in [2.05, 4.69) is 20.7 Å². The molecule has 2 aromatic heterocycles. The average Bonchev–Trinajstić information content (AvgIpc) is 2.96. The third-order valence-corrected chi connectivity index (χ3v) is 4.41. The second-order valence-electron chi connectivity index (χ2n) is 5.40. The lowest BCUT2D eigenvalue weighted by molar-refractivity contribution is 0.256. The maximum absolute atomic E-state index is 5.76. The fourth-order valence-corrected chi connectivity index (χ4v) is 3.53. The summed E-state index contributed by atoms with van der Waals surface area (Å²) in [6.45, 7) is 2.70. The third-order valence-electron chi connectivity index (χ3n) is 4.11. The highest BCUT2D eigenvalue weighted by atomic mass is 32.1. The van der Waals surface area contributed by atoms with E-state index in [1.807, 2.05) is 36.9 Å². The predicted molar refractivity (Wildman–Crippen MR) is 83.3 cm³/mol. The normalized spacial score (nSPS) is 17.7. The molecule has 4 rings (SSSR count). The SMILES string of the molecule is Cc1nn(C)c2c1[nH]c(=S)n2C1CCOc2ccccc21. The minimum atomic E-state index is 0.186. The number of para-hydroxylation sites is 1. The highest BCUT2D eigenvalue weighted by molar-refractivity contribution is 7.71. The van der Waals surface area contributed by atoms with E-state index in [0.29, 0.717) is 6.61 Å². The van der Waals surface area contributed by atoms with Crippen LogP contribution in [0.4, 0.5) is 0 Å². The number of rotatable bonds is 1. The zero-order valence-electron chi connectivity index (χ0n) is 12.0. The van der Waals surface area contributed by atoms with Gasteiger partial charge in [0.15, 0.2) is 10.4 Å². The first-order valence-electron chi connectivity index (χ1n) is 7.02. The molecule has 1 atom stereocenters. The lowest BCUT2D eigenvalue weighted by atomic mass is 10.0. The van der Waals surface area contributed by atoms with Crippen molar-refractivity contribution in [3.63, 3.8) is 0 Å². The van der Waals surface area contributed by atoms with Gasteiger partial charge in [-0.1, -0.05) is 18.2 Å². The summed E-state index contributed by atoms with van der Waals surface area (Å²) < 4.78 is 10.6. The Hall–Kier alpha value is -2.08. The number of nitrogens with zero attached hydrogens (tertiary/aromatic N) is 3. The second-order valence-corrected chi connectivity index (χ2v) is 5.79. The monoisotopic (exact) mass is 300 g/mol. The number of fused-ring (bicyclic) bond motifs is 2. The summed E-state index contributed by atoms with van der Waals surface area (Å²) in [7, 11) is 1.96. The van der Waals surface area contributed by atoms with Crippen LogP contribution in [0.25, 0.3) is 11.2 Å². The topological polar surface area (TPSA) is 47.8 Å². The van der Waals surface area contributed by atoms with Crippen LogP contribution in [-0.2, 0) is 7.05 Å². The number of aromatic nitrogens is 4. The highest BCUT2D eigenvalue weighted by Gasteiger charge is 2.26. The molecule has 5 nitrogen and oxygen atoms in total. The van der Waals surface area contributed by atoms with Crippen molar-refractivity contribution >= 4 is 23.4 Å². The van der Waals surface area contributed by atoms with Crippen molar-refractivity contribution in [1.29, 1.82) is 0 Å². The van der Waals surface area contributed by atoms with Crippen molar-refractivity contribution in [1.82, 2.24) is 19.3 Å². The number of imidazole rings is 1. The van der Waals surface area contributed by atoms with Crippen LogP contribution in [0.15, 0.2) is 24.3 Å². The third kappa shape index (κ3) is 1.75. The number of H-pyrrole nitrogens is 1. The summed E-state index contributed by atoms with van der Waals surface area (Å²) in [5.41, 5.74) is 4.21. The van der Waals surface area contributed by atoms with Crippen LogP contribution >= 0.6 is 12.2 Å². The average molecular weight is 300 g/mol. The van der Waals surface area contributed by atoms with Crippen molar-refractivity contribution in [2.24, 2.45) is 7.05 Å². The zero-order valence-corrected chi connectivity index (χ0v) is 12.8. The number of nitrogens with one attached hydrogen (secondary N) is 1. The number of hydrogen-bond acceptors (Lipinski definition) is 3. The smallest absolute Gasteiger partial charge is 0.179 e. The van der Waals surface area contributed by atoms with Gasteiger partial charge in [-0.15, -0.1) is 0 Å². The van der Waals surface area contributed by atoms with Crippen LogP contribution < -0.4 is 4.74 Å². The van der Waals surface area contributed by atoms with Crippen molar-refractivity contribution in [3.05, 3.63) is 40.3 Å². The van der Waals surface area contributed by atoms with E-state index in [1.165, 1.54) is 5.56 Å². The molecule has 0 bridgehead atoms. The first-order chi connectivity index (χ1) is 10.2. The van der Waals surface area contributed by atoms with E-state index in [1.54, 1.807) is 0 Å². The zero-order chi connectivity index (χ0) is 14.6. The van der Waals surface area contributed by atoms with E-state index in [4.69, 9.17) is 17.0 Å². The summed E-state index contributed by atoms with van der Waals surface area (Å²) in [6, 6.07) is 8.36. The van der Waals surface area contributed by atoms with Crippen LogP contribution in [0, 0.1) is 11.7 Å². The molecule has 0 fully saturated rings. The molecule has 0 radical (unpaired) electrons. The standard InChI is InChI=1S/C15H16N4OS/c1-9-13-14(18(2)17-9)19(15(21)16-13)11-7-8-20-12-6-4-3-5-10(11)12/h3-6,11H,7-8H2,1-2H3,(H,16,21). The number of ether oxygens (including phenoxy) is 1. The molecule has 0 spiro atoms. The van der Waals surface area contributed by atoms with Crippen molar-refractivity contribution in [3.8, 4) is 5.75 Å². The van der Waals surface area contributed by atoms with Gasteiger partial charge < -0.3 is 9.72 Å². The van der Waals surface area contributed by atoms with Gasteiger partial charge in [0, 0.05) is 19.0 Å². The molecule has 0 aliphatic carbocycles. The molecule has 21 heavy (non-hydrogen) atoms. The van der Waals surface area contributed by atoms with Gasteiger partial charge >= 0.3 is 0 Å². The Bertz CT molecular complexity index is 889. The lowest BCUT2D eigenvalue weighted by Crippen LogP contribution is -2.21. The van der Waals surface area contributed by atoms with E-state index in [0.717, 1.165) is 33.8 Å². The molecule has 0 saturated carbocycles. The molecule has 1 aliphatic heterocycles. The Kier molecular flexibility index (Phi) is 2.68. The first-order valence-corrected chi connectivity index (χ1v) is 7.43. The summed E-state index contributed by atoms with van der Waals surface area (Å²) in [5, 5.41) is 4.49. The van der Waals surface area contributed by atoms with E-state index >= 15 is 0 Å². The molecule has 0 amide bonds. The Morgan fingerprint density at radius 2 is 2.19 bits per heavy atom. The van der Waals surface area contributed by atoms with Gasteiger partial charge in [0.2, 0.25) is 0 Å². The lowest BCUT2D eigenvalue weighted by Gasteiger charge is -2.27. The molecule has 6 heteroatoms. The van der Waals surface area contributed by atoms with Crippen molar-refractivity contribution < 1.29 is 4.74 Å². The Labute approximate surface area is 127 Å². The highest BCUT2D eigenvalue weighted by Crippen LogP contribution is 2.36. The van der Waals surface area contributed by atoms with Gasteiger partial charge in [0.1, 0.15) is 11.3 Å². The maximum atomic E-state index is 5.76. The molecular formula is C15H16N4OS. The minimum absolute atomic E-state index is 0.186. The first kappa shape index (κ1) is 12.6. The van der Waals surface area contributed by atoms with Crippen LogP contribution in [0.1, 0.15) is 23.7 Å². The second kappa shape index (κ2) is 4.46. The maximum Gasteiger partial charge on any atom is 0.179 e. The minimum Gasteiger partial charge on any atom is -0.493 e. The van der Waals surface area contributed by atoms with Crippen LogP contribution in [-0.4, -0.2) is 25.9 Å². The summed E-state index contributed by atoms with van der Waals surface area (Å²) in [5.74, 6) is 0.948. The molecule has 1 aromatic carbocycles. The number of aryl methyl sites for hydroxylation is 2. The molecular weight excluding hydrogens is 284 g/mol.